The van der Waals surface area contributed by atoms with Crippen LogP contribution >= 0.6 is 11.8 Å². The van der Waals surface area contributed by atoms with Gasteiger partial charge in [-0.05, 0) is 41.5 Å². The lowest BCUT2D eigenvalue weighted by molar-refractivity contribution is 0.0522. The quantitative estimate of drug-likeness (QED) is 0.510. The minimum absolute atomic E-state index is 0.0578. The number of thioether (sulfide) groups is 1. The largest absolute Gasteiger partial charge is 0.462 e. The molecule has 0 aliphatic rings. The normalized spacial score (nSPS) is 11.0. The molecule has 7 heteroatoms. The number of carbonyl (C=O) groups excluding carboxylic acids is 2. The van der Waals surface area contributed by atoms with E-state index in [1.165, 1.54) is 11.8 Å². The number of rotatable bonds is 8. The third-order valence-corrected chi connectivity index (χ3v) is 5.48. The van der Waals surface area contributed by atoms with E-state index in [9.17, 15) is 9.59 Å². The molecule has 0 spiro atoms. The lowest BCUT2D eigenvalue weighted by Gasteiger charge is -2.06. The van der Waals surface area contributed by atoms with Crippen molar-refractivity contribution in [2.45, 2.75) is 53.8 Å². The van der Waals surface area contributed by atoms with E-state index < -0.39 is 5.97 Å². The number of carbonyl (C=O) groups is 2. The minimum atomic E-state index is -0.431. The van der Waals surface area contributed by atoms with Crippen molar-refractivity contribution < 1.29 is 18.8 Å². The van der Waals surface area contributed by atoms with Crippen LogP contribution in [0.15, 0.2) is 4.52 Å². The second kappa shape index (κ2) is 8.58. The highest BCUT2D eigenvalue weighted by atomic mass is 32.2. The monoisotopic (exact) mass is 378 g/mol. The molecule has 2 rings (SSSR count). The highest BCUT2D eigenvalue weighted by Crippen LogP contribution is 2.26. The molecule has 0 unspecified atom stereocenters. The van der Waals surface area contributed by atoms with Crippen LogP contribution in [0.3, 0.4) is 0 Å². The van der Waals surface area contributed by atoms with E-state index in [0.717, 1.165) is 28.4 Å². The second-order valence-corrected chi connectivity index (χ2v) is 7.09. The number of hydrogen-bond acceptors (Lipinski definition) is 6. The Bertz CT molecular complexity index is 801. The summed E-state index contributed by atoms with van der Waals surface area (Å²) in [4.78, 5) is 25.3. The molecule has 0 N–H and O–H groups in total. The first-order valence-corrected chi connectivity index (χ1v) is 9.88. The molecule has 0 atom stereocenters. The SMILES string of the molecule is CCOC(=O)c1c(C(=O)CSCc2c(C)noc2C)c(C)n(CC)c1C. The summed E-state index contributed by atoms with van der Waals surface area (Å²) < 4.78 is 12.3. The van der Waals surface area contributed by atoms with Gasteiger partial charge < -0.3 is 13.8 Å². The Morgan fingerprint density at radius 3 is 2.31 bits per heavy atom. The van der Waals surface area contributed by atoms with Gasteiger partial charge in [0.25, 0.3) is 0 Å². The van der Waals surface area contributed by atoms with E-state index in [1.54, 1.807) is 6.92 Å². The Morgan fingerprint density at radius 1 is 1.12 bits per heavy atom. The van der Waals surface area contributed by atoms with Crippen molar-refractivity contribution in [3.63, 3.8) is 0 Å². The topological polar surface area (TPSA) is 74.3 Å². The fraction of sp³-hybridized carbons (Fsp3) is 0.526. The lowest BCUT2D eigenvalue weighted by Crippen LogP contribution is -2.13. The van der Waals surface area contributed by atoms with Crippen molar-refractivity contribution >= 4 is 23.5 Å². The Hall–Kier alpha value is -2.02. The highest BCUT2D eigenvalue weighted by molar-refractivity contribution is 7.99. The number of ether oxygens (including phenoxy) is 1. The zero-order valence-corrected chi connectivity index (χ0v) is 17.1. The molecular weight excluding hydrogens is 352 g/mol. The Kier molecular flexibility index (Phi) is 6.69. The Morgan fingerprint density at radius 2 is 1.77 bits per heavy atom. The van der Waals surface area contributed by atoms with Gasteiger partial charge in [0.1, 0.15) is 5.76 Å². The molecule has 6 nitrogen and oxygen atoms in total. The van der Waals surface area contributed by atoms with Gasteiger partial charge in [0.15, 0.2) is 5.78 Å². The molecule has 2 aromatic rings. The fourth-order valence-electron chi connectivity index (χ4n) is 3.18. The fourth-order valence-corrected chi connectivity index (χ4v) is 4.23. The van der Waals surface area contributed by atoms with Gasteiger partial charge in [-0.15, -0.1) is 11.8 Å². The predicted octanol–water partition coefficient (Wildman–Crippen LogP) is 4.02. The molecule has 0 aliphatic heterocycles. The highest BCUT2D eigenvalue weighted by Gasteiger charge is 2.27. The third-order valence-electron chi connectivity index (χ3n) is 4.52. The molecule has 0 radical (unpaired) electrons. The van der Waals surface area contributed by atoms with Crippen LogP contribution in [-0.4, -0.2) is 33.8 Å². The summed E-state index contributed by atoms with van der Waals surface area (Å²) in [5.41, 5.74) is 4.34. The van der Waals surface area contributed by atoms with E-state index in [0.29, 0.717) is 23.4 Å². The zero-order chi connectivity index (χ0) is 19.4. The van der Waals surface area contributed by atoms with Crippen LogP contribution in [0.4, 0.5) is 0 Å². The summed E-state index contributed by atoms with van der Waals surface area (Å²) in [6.07, 6.45) is 0. The molecule has 0 fully saturated rings. The van der Waals surface area contributed by atoms with Crippen molar-refractivity contribution in [2.24, 2.45) is 0 Å². The van der Waals surface area contributed by atoms with Crippen molar-refractivity contribution in [3.8, 4) is 0 Å². The summed E-state index contributed by atoms with van der Waals surface area (Å²) in [5.74, 6) is 1.22. The summed E-state index contributed by atoms with van der Waals surface area (Å²) in [5, 5.41) is 3.93. The number of Topliss-reactive ketones (excluding diaryl/α,β-unsaturated/α-hetero) is 1. The summed E-state index contributed by atoms with van der Waals surface area (Å²) in [7, 11) is 0. The summed E-state index contributed by atoms with van der Waals surface area (Å²) in [6, 6.07) is 0. The number of esters is 1. The Labute approximate surface area is 158 Å². The first kappa shape index (κ1) is 20.3. The van der Waals surface area contributed by atoms with Crippen LogP contribution < -0.4 is 0 Å². The first-order chi connectivity index (χ1) is 12.3. The zero-order valence-electron chi connectivity index (χ0n) is 16.3. The molecule has 0 bridgehead atoms. The summed E-state index contributed by atoms with van der Waals surface area (Å²) in [6.45, 7) is 12.2. The molecule has 142 valence electrons. The van der Waals surface area contributed by atoms with E-state index in [1.807, 2.05) is 39.2 Å². The average Bonchev–Trinajstić information content (AvgIpc) is 3.04. The maximum absolute atomic E-state index is 12.9. The predicted molar refractivity (Wildman–Crippen MR) is 102 cm³/mol. The van der Waals surface area contributed by atoms with E-state index in [2.05, 4.69) is 5.16 Å². The minimum Gasteiger partial charge on any atom is -0.462 e. The maximum Gasteiger partial charge on any atom is 0.340 e. The van der Waals surface area contributed by atoms with Gasteiger partial charge >= 0.3 is 5.97 Å². The van der Waals surface area contributed by atoms with Gasteiger partial charge in [0.05, 0.1) is 29.2 Å². The van der Waals surface area contributed by atoms with E-state index in [-0.39, 0.29) is 18.1 Å². The van der Waals surface area contributed by atoms with Gasteiger partial charge in [-0.3, -0.25) is 4.79 Å². The lowest BCUT2D eigenvalue weighted by atomic mass is 10.1. The van der Waals surface area contributed by atoms with Crippen molar-refractivity contribution in [1.29, 1.82) is 0 Å². The van der Waals surface area contributed by atoms with Crippen LogP contribution in [-0.2, 0) is 17.0 Å². The van der Waals surface area contributed by atoms with Gasteiger partial charge in [0.2, 0.25) is 0 Å². The molecule has 2 aromatic heterocycles. The van der Waals surface area contributed by atoms with Gasteiger partial charge in [-0.25, -0.2) is 4.79 Å². The average molecular weight is 378 g/mol. The standard InChI is InChI=1S/C19H26N2O4S/c1-7-21-12(4)17(18(13(21)5)19(23)24-8-2)16(22)10-26-9-15-11(3)20-25-14(15)6/h7-10H2,1-6H3. The van der Waals surface area contributed by atoms with Gasteiger partial charge in [-0.2, -0.15) is 0 Å². The molecule has 0 aromatic carbocycles. The van der Waals surface area contributed by atoms with Crippen LogP contribution in [0.25, 0.3) is 0 Å². The van der Waals surface area contributed by atoms with Crippen LogP contribution in [0.1, 0.15) is 63.0 Å². The number of nitrogens with zero attached hydrogens (tertiary/aromatic N) is 2. The van der Waals surface area contributed by atoms with Gasteiger partial charge in [0, 0.05) is 29.2 Å². The second-order valence-electron chi connectivity index (χ2n) is 6.10. The molecule has 0 aliphatic carbocycles. The van der Waals surface area contributed by atoms with Crippen LogP contribution in [0.5, 0.6) is 0 Å². The van der Waals surface area contributed by atoms with E-state index >= 15 is 0 Å². The number of hydrogen-bond donors (Lipinski definition) is 0. The molecule has 0 saturated heterocycles. The van der Waals surface area contributed by atoms with Crippen LogP contribution in [0.2, 0.25) is 0 Å². The summed E-state index contributed by atoms with van der Waals surface area (Å²) >= 11 is 1.50. The number of ketones is 1. The molecule has 0 saturated carbocycles. The third kappa shape index (κ3) is 3.87. The molecular formula is C19H26N2O4S. The van der Waals surface area contributed by atoms with Crippen LogP contribution in [0, 0.1) is 27.7 Å². The van der Waals surface area contributed by atoms with E-state index in [4.69, 9.17) is 9.26 Å². The first-order valence-electron chi connectivity index (χ1n) is 8.72. The Balaban J connectivity index is 2.23. The molecule has 0 amide bonds. The maximum atomic E-state index is 12.9. The van der Waals surface area contributed by atoms with Crippen molar-refractivity contribution in [2.75, 3.05) is 12.4 Å². The molecule has 26 heavy (non-hydrogen) atoms. The van der Waals surface area contributed by atoms with Gasteiger partial charge in [-0.1, -0.05) is 5.16 Å². The van der Waals surface area contributed by atoms with Crippen molar-refractivity contribution in [1.82, 2.24) is 9.72 Å². The number of aromatic nitrogens is 2. The smallest absolute Gasteiger partial charge is 0.340 e. The molecule has 2 heterocycles. The van der Waals surface area contributed by atoms with Crippen molar-refractivity contribution in [3.05, 3.63) is 39.5 Å². The number of aryl methyl sites for hydroxylation is 2.